The second-order valence-corrected chi connectivity index (χ2v) is 20.9. The van der Waals surface area contributed by atoms with E-state index in [1.165, 1.54) is 24.4 Å². The predicted molar refractivity (Wildman–Crippen MR) is 339 cm³/mol. The third kappa shape index (κ3) is 9.36. The maximum atomic E-state index is 10.4. The van der Waals surface area contributed by atoms with Crippen molar-refractivity contribution in [1.29, 1.82) is 0 Å². The summed E-state index contributed by atoms with van der Waals surface area (Å²) in [6.07, 6.45) is 2.70. The number of aromatic nitrogens is 4. The van der Waals surface area contributed by atoms with Crippen LogP contribution in [0, 0.1) is 30.7 Å². The standard InChI is InChI=1S/C78H56N4O.Pt/c1-51-40-69(57-43-55(52-22-8-5-9-23-52)42-56(44-57)53-24-10-6-11-25-53)76-70(41-51)65-33-17-15-31-63(65)62-30-14-16-32-64(62)68-35-21-37-73-77(68)81(76)50-80(73)59-28-20-29-60(46-59)83-61-38-39-67-66-34-18-19-36-72(66)82(74(67)47-61)75-45-58(48-78(2,3)4)71(49-79-75)54-26-12-7-13-27-54;/h5-45,49H,48H2,1-4H3;/q-2;/i1D3,5D,6D,7D,8D,9D,10D,11D,12D,13D,22D,23D,24D,25D,26D,27D,42D,43D,44D,48D2;. The van der Waals surface area contributed by atoms with Gasteiger partial charge in [0.05, 0.1) is 41.4 Å². The zero-order valence-electron chi connectivity index (χ0n) is 67.9. The summed E-state index contributed by atoms with van der Waals surface area (Å²) in [4.78, 5) is 4.86. The molecule has 11 aromatic carbocycles. The van der Waals surface area contributed by atoms with Gasteiger partial charge in [-0.15, -0.1) is 29.7 Å². The molecule has 0 saturated carbocycles. The zero-order chi connectivity index (χ0) is 75.7. The fraction of sp³-hybridized carbons (Fsp3) is 0.0769. The molecular weight excluding hydrogens is 1200 g/mol. The molecule has 0 bridgehead atoms. The Kier molecular flexibility index (Phi) is 8.31. The average Bonchev–Trinajstić information content (AvgIpc) is 1.70. The first-order valence-corrected chi connectivity index (χ1v) is 26.6. The van der Waals surface area contributed by atoms with E-state index in [4.69, 9.17) is 28.9 Å². The molecule has 84 heavy (non-hydrogen) atoms. The van der Waals surface area contributed by atoms with Crippen molar-refractivity contribution in [2.75, 3.05) is 0 Å². The summed E-state index contributed by atoms with van der Waals surface area (Å²) in [7, 11) is 0. The quantitative estimate of drug-likeness (QED) is 0.107. The van der Waals surface area contributed by atoms with Crippen molar-refractivity contribution < 1.29 is 61.9 Å². The van der Waals surface area contributed by atoms with E-state index in [0.717, 1.165) is 5.39 Å². The Balaban J connectivity index is 0.00000960. The van der Waals surface area contributed by atoms with E-state index in [-0.39, 0.29) is 77.5 Å². The Morgan fingerprint density at radius 2 is 1.11 bits per heavy atom. The summed E-state index contributed by atoms with van der Waals surface area (Å²) in [5.41, 5.74) is 0.535. The van der Waals surface area contributed by atoms with Gasteiger partial charge in [-0.2, -0.15) is 18.2 Å². The number of aryl methyl sites for hydroxylation is 1. The number of nitrogens with zero attached hydrogens (tertiary/aromatic N) is 4. The van der Waals surface area contributed by atoms with Crippen molar-refractivity contribution in [1.82, 2.24) is 14.1 Å². The zero-order valence-corrected chi connectivity index (χ0v) is 47.1. The van der Waals surface area contributed by atoms with Gasteiger partial charge >= 0.3 is 0 Å². The first-order valence-electron chi connectivity index (χ1n) is 38.1. The van der Waals surface area contributed by atoms with E-state index in [0.29, 0.717) is 61.0 Å². The molecule has 0 unspecified atom stereocenters. The molecule has 6 heteroatoms. The Hall–Kier alpha value is -9.67. The maximum absolute atomic E-state index is 10.4. The molecular formula is C78H56N4OPt-2. The van der Waals surface area contributed by atoms with Gasteiger partial charge in [-0.05, 0) is 138 Å². The van der Waals surface area contributed by atoms with Crippen molar-refractivity contribution >= 4 is 32.8 Å². The second kappa shape index (κ2) is 21.3. The number of benzene rings is 11. The number of pyridine rings is 1. The number of hydrogen-bond acceptors (Lipinski definition) is 2. The van der Waals surface area contributed by atoms with Crippen LogP contribution in [-0.2, 0) is 27.4 Å². The minimum absolute atomic E-state index is 0. The van der Waals surface area contributed by atoms with Gasteiger partial charge < -0.3 is 13.9 Å². The normalized spacial score (nSPS) is 16.0. The van der Waals surface area contributed by atoms with Crippen molar-refractivity contribution in [3.05, 3.63) is 284 Å². The number of para-hydroxylation sites is 2. The minimum atomic E-state index is -2.96. The van der Waals surface area contributed by atoms with Gasteiger partial charge in [-0.1, -0.05) is 220 Å². The molecule has 14 aromatic rings. The van der Waals surface area contributed by atoms with Gasteiger partial charge in [0.15, 0.2) is 0 Å². The van der Waals surface area contributed by atoms with Crippen LogP contribution in [0.3, 0.4) is 0 Å². The second-order valence-electron chi connectivity index (χ2n) is 20.9. The van der Waals surface area contributed by atoms with Crippen LogP contribution in [0.5, 0.6) is 11.5 Å². The fourth-order valence-electron chi connectivity index (χ4n) is 11.1. The van der Waals surface area contributed by atoms with Crippen molar-refractivity contribution in [3.63, 3.8) is 0 Å². The molecule has 0 amide bonds. The van der Waals surface area contributed by atoms with Crippen molar-refractivity contribution in [3.8, 4) is 107 Å². The van der Waals surface area contributed by atoms with Gasteiger partial charge in [-0.25, -0.2) is 4.98 Å². The molecule has 1 aliphatic heterocycles. The van der Waals surface area contributed by atoms with Crippen LogP contribution in [-0.4, -0.2) is 14.1 Å². The number of rotatable bonds is 9. The first-order chi connectivity index (χ1) is 50.2. The minimum Gasteiger partial charge on any atom is -0.510 e. The number of imidazole rings is 1. The van der Waals surface area contributed by atoms with E-state index < -0.39 is 155 Å². The molecule has 3 aromatic heterocycles. The molecule has 0 aliphatic carbocycles. The Morgan fingerprint density at radius 3 is 1.79 bits per heavy atom. The summed E-state index contributed by atoms with van der Waals surface area (Å²) in [5.74, 6) is 0.566. The summed E-state index contributed by atoms with van der Waals surface area (Å²) < 4.78 is 222. The number of fused-ring (bicyclic) bond motifs is 10. The summed E-state index contributed by atoms with van der Waals surface area (Å²) >= 11 is 0. The topological polar surface area (TPSA) is 35.9 Å². The van der Waals surface area contributed by atoms with Gasteiger partial charge in [-0.3, -0.25) is 4.57 Å². The van der Waals surface area contributed by atoms with Crippen LogP contribution in [0.1, 0.15) is 63.4 Å². The molecule has 5 nitrogen and oxygen atoms in total. The van der Waals surface area contributed by atoms with Crippen molar-refractivity contribution in [2.24, 2.45) is 5.41 Å². The van der Waals surface area contributed by atoms with Gasteiger partial charge in [0.1, 0.15) is 5.82 Å². The van der Waals surface area contributed by atoms with Crippen LogP contribution in [0.25, 0.3) is 128 Å². The van der Waals surface area contributed by atoms with Crippen molar-refractivity contribution in [2.45, 2.75) is 34.0 Å². The molecule has 0 spiro atoms. The smallest absolute Gasteiger partial charge is 0.268 e. The largest absolute Gasteiger partial charge is 0.510 e. The molecule has 4 heterocycles. The fourth-order valence-corrected chi connectivity index (χ4v) is 11.1. The summed E-state index contributed by atoms with van der Waals surface area (Å²) in [6, 6.07) is 33.7. The third-order valence-electron chi connectivity index (χ3n) is 14.4. The van der Waals surface area contributed by atoms with Crippen LogP contribution < -0.4 is 9.30 Å². The molecule has 0 atom stereocenters. The molecule has 15 rings (SSSR count). The molecule has 0 N–H and O–H groups in total. The molecule has 0 fully saturated rings. The van der Waals surface area contributed by atoms with Crippen LogP contribution in [0.2, 0.25) is 0 Å². The maximum Gasteiger partial charge on any atom is 0.268 e. The van der Waals surface area contributed by atoms with Gasteiger partial charge in [0.25, 0.3) is 6.33 Å². The molecule has 406 valence electrons. The average molecular weight is 1280 g/mol. The van der Waals surface area contributed by atoms with Crippen LogP contribution in [0.4, 0.5) is 0 Å². The van der Waals surface area contributed by atoms with Crippen LogP contribution >= 0.6 is 0 Å². The number of hydrogen-bond donors (Lipinski definition) is 0. The van der Waals surface area contributed by atoms with E-state index in [1.54, 1.807) is 70.9 Å². The Labute approximate surface area is 537 Å². The van der Waals surface area contributed by atoms with Crippen LogP contribution in [0.15, 0.2) is 254 Å². The molecule has 0 saturated heterocycles. The predicted octanol–water partition coefficient (Wildman–Crippen LogP) is 19.5. The summed E-state index contributed by atoms with van der Waals surface area (Å²) in [6.45, 7) is 2.15. The van der Waals surface area contributed by atoms with E-state index in [2.05, 4.69) is 18.5 Å². The monoisotopic (exact) mass is 1280 g/mol. The molecule has 1 aliphatic rings. The molecule has 0 radical (unpaired) electrons. The summed E-state index contributed by atoms with van der Waals surface area (Å²) in [5, 5.41) is 1.48. The first kappa shape index (κ1) is 32.8. The third-order valence-corrected chi connectivity index (χ3v) is 14.4. The van der Waals surface area contributed by atoms with Gasteiger partial charge in [0.2, 0.25) is 0 Å². The van der Waals surface area contributed by atoms with Gasteiger partial charge in [0, 0.05) is 56.7 Å². The Bertz CT molecular complexity index is 6010. The Morgan fingerprint density at radius 1 is 0.536 bits per heavy atom. The number of ether oxygens (including phenoxy) is 1. The van der Waals surface area contributed by atoms with E-state index >= 15 is 0 Å². The van der Waals surface area contributed by atoms with E-state index in [1.807, 2.05) is 84.9 Å². The van der Waals surface area contributed by atoms with E-state index in [9.17, 15) is 12.3 Å². The SMILES string of the molecule is [2H]c1c([2H])c([2H])c(-c2cnc(-n3c4[c-]c(Oc5[c-]c(-n6[c-][n+]7c8c(cccc86)-c6ccccc6-c6ccccc6-c6cc(C([2H])([2H])[2H])cc(-c8c([2H])c(-c9c([2H])c([2H])c([2H])c([2H])c9[2H])c([2H])c(-c9c([2H])c([2H])c([2H])c([2H])c9[2H])c8[2H])c6-7)ccc5)ccc4c4ccccc43)cc2C([2H])([2H])C(C)(C)C)c([2H])c1[2H].[Pt].